The number of thiazole rings is 1. The van der Waals surface area contributed by atoms with Crippen molar-refractivity contribution in [3.05, 3.63) is 35.3 Å². The highest BCUT2D eigenvalue weighted by atomic mass is 32.1. The zero-order valence-electron chi connectivity index (χ0n) is 14.4. The van der Waals surface area contributed by atoms with Gasteiger partial charge in [-0.3, -0.25) is 9.69 Å². The van der Waals surface area contributed by atoms with Gasteiger partial charge in [-0.15, -0.1) is 11.3 Å². The highest BCUT2D eigenvalue weighted by Gasteiger charge is 2.12. The molecule has 25 heavy (non-hydrogen) atoms. The third kappa shape index (κ3) is 5.26. The molecule has 0 atom stereocenters. The first kappa shape index (κ1) is 17.8. The summed E-state index contributed by atoms with van der Waals surface area (Å²) in [6, 6.07) is 7.78. The van der Waals surface area contributed by atoms with Gasteiger partial charge in [-0.2, -0.15) is 0 Å². The van der Waals surface area contributed by atoms with Crippen molar-refractivity contribution in [3.8, 4) is 16.3 Å². The first-order valence-electron chi connectivity index (χ1n) is 8.40. The number of aromatic nitrogens is 1. The van der Waals surface area contributed by atoms with E-state index in [1.165, 1.54) is 0 Å². The maximum Gasteiger partial charge on any atom is 0.226 e. The Morgan fingerprint density at radius 1 is 1.32 bits per heavy atom. The van der Waals surface area contributed by atoms with Crippen LogP contribution in [-0.2, 0) is 16.0 Å². The van der Waals surface area contributed by atoms with Gasteiger partial charge >= 0.3 is 0 Å². The second kappa shape index (κ2) is 8.94. The van der Waals surface area contributed by atoms with E-state index in [0.717, 1.165) is 54.9 Å². The lowest BCUT2D eigenvalue weighted by atomic mass is 10.2. The van der Waals surface area contributed by atoms with E-state index in [9.17, 15) is 4.79 Å². The SMILES string of the molecule is COc1ccc(-c2nc(CC(=O)NCCN3CCOCC3)cs2)cc1. The molecule has 0 radical (unpaired) electrons. The molecule has 0 bridgehead atoms. The molecular weight excluding hydrogens is 338 g/mol. The normalized spacial score (nSPS) is 15.1. The van der Waals surface area contributed by atoms with Gasteiger partial charge in [0.2, 0.25) is 5.91 Å². The van der Waals surface area contributed by atoms with Crippen LogP contribution in [0.5, 0.6) is 5.75 Å². The summed E-state index contributed by atoms with van der Waals surface area (Å²) in [5, 5.41) is 5.83. The predicted octanol–water partition coefficient (Wildman–Crippen LogP) is 1.81. The van der Waals surface area contributed by atoms with Gasteiger partial charge in [0.1, 0.15) is 10.8 Å². The number of morpholine rings is 1. The molecule has 2 heterocycles. The van der Waals surface area contributed by atoms with E-state index in [4.69, 9.17) is 9.47 Å². The van der Waals surface area contributed by atoms with E-state index in [0.29, 0.717) is 13.0 Å². The van der Waals surface area contributed by atoms with Gasteiger partial charge in [0.05, 0.1) is 32.4 Å². The number of carbonyl (C=O) groups is 1. The third-order valence-electron chi connectivity index (χ3n) is 4.08. The molecule has 1 aliphatic heterocycles. The lowest BCUT2D eigenvalue weighted by Crippen LogP contribution is -2.41. The van der Waals surface area contributed by atoms with Crippen molar-refractivity contribution < 1.29 is 14.3 Å². The van der Waals surface area contributed by atoms with Gasteiger partial charge in [-0.1, -0.05) is 0 Å². The summed E-state index contributed by atoms with van der Waals surface area (Å²) < 4.78 is 10.5. The molecule has 1 saturated heterocycles. The predicted molar refractivity (Wildman–Crippen MR) is 98.1 cm³/mol. The largest absolute Gasteiger partial charge is 0.497 e. The van der Waals surface area contributed by atoms with Crippen LogP contribution in [0.25, 0.3) is 10.6 Å². The maximum atomic E-state index is 12.1. The van der Waals surface area contributed by atoms with Crippen molar-refractivity contribution in [2.45, 2.75) is 6.42 Å². The Morgan fingerprint density at radius 2 is 2.08 bits per heavy atom. The van der Waals surface area contributed by atoms with Crippen LogP contribution in [0.1, 0.15) is 5.69 Å². The molecule has 1 N–H and O–H groups in total. The van der Waals surface area contributed by atoms with Crippen LogP contribution >= 0.6 is 11.3 Å². The van der Waals surface area contributed by atoms with Crippen molar-refractivity contribution >= 4 is 17.2 Å². The molecule has 134 valence electrons. The van der Waals surface area contributed by atoms with Gasteiger partial charge < -0.3 is 14.8 Å². The molecule has 1 amide bonds. The fourth-order valence-corrected chi connectivity index (χ4v) is 3.49. The minimum Gasteiger partial charge on any atom is -0.497 e. The zero-order chi connectivity index (χ0) is 17.5. The molecule has 0 aliphatic carbocycles. The van der Waals surface area contributed by atoms with Crippen LogP contribution in [0.4, 0.5) is 0 Å². The van der Waals surface area contributed by atoms with E-state index in [1.807, 2.05) is 29.6 Å². The van der Waals surface area contributed by atoms with Crippen LogP contribution in [-0.4, -0.2) is 62.3 Å². The van der Waals surface area contributed by atoms with Gasteiger partial charge in [0, 0.05) is 37.1 Å². The minimum absolute atomic E-state index is 0.0137. The van der Waals surface area contributed by atoms with E-state index < -0.39 is 0 Å². The Kier molecular flexibility index (Phi) is 6.38. The highest BCUT2D eigenvalue weighted by molar-refractivity contribution is 7.13. The molecule has 0 spiro atoms. The fraction of sp³-hybridized carbons (Fsp3) is 0.444. The summed E-state index contributed by atoms with van der Waals surface area (Å²) >= 11 is 1.55. The third-order valence-corrected chi connectivity index (χ3v) is 5.02. The molecule has 1 aromatic heterocycles. The Bertz CT molecular complexity index is 681. The van der Waals surface area contributed by atoms with Crippen molar-refractivity contribution in [3.63, 3.8) is 0 Å². The highest BCUT2D eigenvalue weighted by Crippen LogP contribution is 2.25. The average Bonchev–Trinajstić information content (AvgIpc) is 3.11. The summed E-state index contributed by atoms with van der Waals surface area (Å²) in [6.07, 6.45) is 0.315. The molecule has 1 aromatic carbocycles. The quantitative estimate of drug-likeness (QED) is 0.815. The summed E-state index contributed by atoms with van der Waals surface area (Å²) in [5.74, 6) is 0.833. The smallest absolute Gasteiger partial charge is 0.226 e. The lowest BCUT2D eigenvalue weighted by Gasteiger charge is -2.26. The summed E-state index contributed by atoms with van der Waals surface area (Å²) in [7, 11) is 1.65. The topological polar surface area (TPSA) is 63.7 Å². The van der Waals surface area contributed by atoms with E-state index in [2.05, 4.69) is 15.2 Å². The number of nitrogens with one attached hydrogen (secondary N) is 1. The molecule has 1 aliphatic rings. The first-order chi connectivity index (χ1) is 12.2. The average molecular weight is 361 g/mol. The summed E-state index contributed by atoms with van der Waals surface area (Å²) in [5.41, 5.74) is 1.84. The molecule has 0 saturated carbocycles. The van der Waals surface area contributed by atoms with Crippen molar-refractivity contribution in [1.29, 1.82) is 0 Å². The number of ether oxygens (including phenoxy) is 2. The zero-order valence-corrected chi connectivity index (χ0v) is 15.2. The summed E-state index contributed by atoms with van der Waals surface area (Å²) in [6.45, 7) is 4.96. The van der Waals surface area contributed by atoms with Crippen molar-refractivity contribution in [1.82, 2.24) is 15.2 Å². The second-order valence-electron chi connectivity index (χ2n) is 5.85. The van der Waals surface area contributed by atoms with Crippen LogP contribution in [0.2, 0.25) is 0 Å². The van der Waals surface area contributed by atoms with Gasteiger partial charge in [0.25, 0.3) is 0 Å². The molecular formula is C18H23N3O3S. The lowest BCUT2D eigenvalue weighted by molar-refractivity contribution is -0.120. The summed E-state index contributed by atoms with van der Waals surface area (Å²) in [4.78, 5) is 18.9. The Labute approximate surface area is 151 Å². The fourth-order valence-electron chi connectivity index (χ4n) is 2.66. The number of hydrogen-bond acceptors (Lipinski definition) is 6. The Balaban J connectivity index is 1.46. The number of rotatable bonds is 7. The van der Waals surface area contributed by atoms with Crippen LogP contribution in [0, 0.1) is 0 Å². The van der Waals surface area contributed by atoms with Crippen molar-refractivity contribution in [2.75, 3.05) is 46.5 Å². The van der Waals surface area contributed by atoms with Crippen LogP contribution < -0.4 is 10.1 Å². The van der Waals surface area contributed by atoms with E-state index >= 15 is 0 Å². The molecule has 6 nitrogen and oxygen atoms in total. The number of carbonyl (C=O) groups excluding carboxylic acids is 1. The first-order valence-corrected chi connectivity index (χ1v) is 9.28. The number of nitrogens with zero attached hydrogens (tertiary/aromatic N) is 2. The van der Waals surface area contributed by atoms with Crippen LogP contribution in [0.3, 0.4) is 0 Å². The van der Waals surface area contributed by atoms with Gasteiger partial charge in [-0.25, -0.2) is 4.98 Å². The van der Waals surface area contributed by atoms with Gasteiger partial charge in [-0.05, 0) is 24.3 Å². The number of methoxy groups -OCH3 is 1. The molecule has 2 aromatic rings. The molecule has 3 rings (SSSR count). The number of hydrogen-bond donors (Lipinski definition) is 1. The van der Waals surface area contributed by atoms with Crippen molar-refractivity contribution in [2.24, 2.45) is 0 Å². The van der Waals surface area contributed by atoms with E-state index in [1.54, 1.807) is 18.4 Å². The minimum atomic E-state index is 0.0137. The second-order valence-corrected chi connectivity index (χ2v) is 6.71. The number of amides is 1. The monoisotopic (exact) mass is 361 g/mol. The van der Waals surface area contributed by atoms with E-state index in [-0.39, 0.29) is 5.91 Å². The Hall–Kier alpha value is -1.96. The van der Waals surface area contributed by atoms with Crippen LogP contribution in [0.15, 0.2) is 29.6 Å². The standard InChI is InChI=1S/C18H23N3O3S/c1-23-16-4-2-14(3-5-16)18-20-15(13-25-18)12-17(22)19-6-7-21-8-10-24-11-9-21/h2-5,13H,6-12H2,1H3,(H,19,22). The molecule has 0 unspecified atom stereocenters. The Morgan fingerprint density at radius 3 is 2.80 bits per heavy atom. The van der Waals surface area contributed by atoms with Gasteiger partial charge in [0.15, 0.2) is 0 Å². The maximum absolute atomic E-state index is 12.1. The molecule has 7 heteroatoms. The molecule has 1 fully saturated rings. The number of benzene rings is 1.